The van der Waals surface area contributed by atoms with Gasteiger partial charge in [0.15, 0.2) is 15.8 Å². The number of hydrogen-bond acceptors (Lipinski definition) is 5. The smallest absolute Gasteiger partial charge is 0.191 e. The van der Waals surface area contributed by atoms with Gasteiger partial charge in [-0.3, -0.25) is 4.99 Å². The van der Waals surface area contributed by atoms with Crippen LogP contribution in [0.3, 0.4) is 0 Å². The Morgan fingerprint density at radius 3 is 2.78 bits per heavy atom. The van der Waals surface area contributed by atoms with E-state index in [-0.39, 0.29) is 10.8 Å². The highest BCUT2D eigenvalue weighted by molar-refractivity contribution is 7.91. The number of rotatable bonds is 3. The maximum absolute atomic E-state index is 12.0. The standard InChI is InChI=1S/C12H21N3O2S/c1-18(16,17)10-3-2-6-12(10)8-14-11(13)15(12)7-9-4-5-9/h9-10H,2-8H2,1H3,(H2,13,14). The van der Waals surface area contributed by atoms with E-state index in [1.165, 1.54) is 19.1 Å². The molecule has 3 aliphatic rings. The lowest BCUT2D eigenvalue weighted by Gasteiger charge is -2.40. The molecule has 6 heteroatoms. The number of aliphatic imine (C=N–C) groups is 1. The van der Waals surface area contributed by atoms with Crippen LogP contribution in [-0.2, 0) is 9.84 Å². The van der Waals surface area contributed by atoms with Gasteiger partial charge in [0, 0.05) is 12.8 Å². The van der Waals surface area contributed by atoms with Crippen molar-refractivity contribution in [3.8, 4) is 0 Å². The molecule has 102 valence electrons. The molecule has 1 spiro atoms. The summed E-state index contributed by atoms with van der Waals surface area (Å²) in [6.45, 7) is 1.45. The van der Waals surface area contributed by atoms with Crippen LogP contribution in [0, 0.1) is 5.92 Å². The van der Waals surface area contributed by atoms with Gasteiger partial charge in [0.2, 0.25) is 0 Å². The first kappa shape index (κ1) is 12.3. The van der Waals surface area contributed by atoms with Crippen molar-refractivity contribution in [2.75, 3.05) is 19.3 Å². The third kappa shape index (κ3) is 1.81. The van der Waals surface area contributed by atoms with E-state index >= 15 is 0 Å². The van der Waals surface area contributed by atoms with Crippen LogP contribution >= 0.6 is 0 Å². The molecule has 0 saturated heterocycles. The molecule has 18 heavy (non-hydrogen) atoms. The highest BCUT2D eigenvalue weighted by atomic mass is 32.2. The number of guanidine groups is 1. The average molecular weight is 271 g/mol. The van der Waals surface area contributed by atoms with Crippen molar-refractivity contribution in [1.29, 1.82) is 0 Å². The van der Waals surface area contributed by atoms with Crippen LogP contribution in [-0.4, -0.2) is 49.4 Å². The van der Waals surface area contributed by atoms with Gasteiger partial charge in [-0.1, -0.05) is 0 Å². The fourth-order valence-corrected chi connectivity index (χ4v) is 5.29. The summed E-state index contributed by atoms with van der Waals surface area (Å²) in [7, 11) is -3.04. The number of sulfone groups is 1. The quantitative estimate of drug-likeness (QED) is 0.804. The summed E-state index contributed by atoms with van der Waals surface area (Å²) in [6, 6.07) is 0. The summed E-state index contributed by atoms with van der Waals surface area (Å²) in [5, 5.41) is -0.298. The lowest BCUT2D eigenvalue weighted by Crippen LogP contribution is -2.58. The lowest BCUT2D eigenvalue weighted by atomic mass is 9.95. The van der Waals surface area contributed by atoms with E-state index in [9.17, 15) is 8.42 Å². The van der Waals surface area contributed by atoms with Crippen LogP contribution in [0.25, 0.3) is 0 Å². The molecule has 2 saturated carbocycles. The summed E-state index contributed by atoms with van der Waals surface area (Å²) in [5.74, 6) is 1.24. The van der Waals surface area contributed by atoms with E-state index in [1.807, 2.05) is 0 Å². The molecule has 2 fully saturated rings. The minimum Gasteiger partial charge on any atom is -0.370 e. The largest absolute Gasteiger partial charge is 0.370 e. The van der Waals surface area contributed by atoms with Gasteiger partial charge in [-0.05, 0) is 38.0 Å². The van der Waals surface area contributed by atoms with Crippen LogP contribution in [0.5, 0.6) is 0 Å². The minimum atomic E-state index is -3.04. The normalized spacial score (nSPS) is 36.4. The summed E-state index contributed by atoms with van der Waals surface area (Å²) < 4.78 is 24.1. The Labute approximate surface area is 108 Å². The molecule has 1 heterocycles. The second-order valence-electron chi connectivity index (χ2n) is 6.04. The molecule has 0 aromatic carbocycles. The van der Waals surface area contributed by atoms with Crippen molar-refractivity contribution in [3.05, 3.63) is 0 Å². The van der Waals surface area contributed by atoms with Gasteiger partial charge in [0.25, 0.3) is 0 Å². The highest BCUT2D eigenvalue weighted by Crippen LogP contribution is 2.44. The van der Waals surface area contributed by atoms with Crippen molar-refractivity contribution in [2.24, 2.45) is 16.6 Å². The molecule has 2 unspecified atom stereocenters. The molecular formula is C12H21N3O2S. The number of hydrogen-bond donors (Lipinski definition) is 1. The van der Waals surface area contributed by atoms with Crippen LogP contribution in [0.4, 0.5) is 0 Å². The monoisotopic (exact) mass is 271 g/mol. The maximum Gasteiger partial charge on any atom is 0.191 e. The van der Waals surface area contributed by atoms with E-state index in [0.717, 1.165) is 25.8 Å². The fraction of sp³-hybridized carbons (Fsp3) is 0.917. The van der Waals surface area contributed by atoms with Crippen molar-refractivity contribution in [3.63, 3.8) is 0 Å². The van der Waals surface area contributed by atoms with E-state index in [1.54, 1.807) is 0 Å². The summed E-state index contributed by atoms with van der Waals surface area (Å²) >= 11 is 0. The van der Waals surface area contributed by atoms with Gasteiger partial charge in [0.05, 0.1) is 17.3 Å². The van der Waals surface area contributed by atoms with E-state index in [0.29, 0.717) is 18.4 Å². The molecule has 0 amide bonds. The molecule has 3 rings (SSSR count). The van der Waals surface area contributed by atoms with Gasteiger partial charge < -0.3 is 10.6 Å². The second kappa shape index (κ2) is 3.85. The second-order valence-corrected chi connectivity index (χ2v) is 8.27. The van der Waals surface area contributed by atoms with Crippen LogP contribution in [0.2, 0.25) is 0 Å². The predicted octanol–water partition coefficient (Wildman–Crippen LogP) is 0.363. The molecule has 0 aromatic heterocycles. The summed E-state index contributed by atoms with van der Waals surface area (Å²) in [6.07, 6.45) is 6.45. The average Bonchev–Trinajstić information content (AvgIpc) is 2.91. The van der Waals surface area contributed by atoms with Gasteiger partial charge in [-0.2, -0.15) is 0 Å². The Morgan fingerprint density at radius 2 is 2.17 bits per heavy atom. The van der Waals surface area contributed by atoms with Gasteiger partial charge >= 0.3 is 0 Å². The fourth-order valence-electron chi connectivity index (χ4n) is 3.58. The minimum absolute atomic E-state index is 0.298. The molecule has 5 nitrogen and oxygen atoms in total. The lowest BCUT2D eigenvalue weighted by molar-refractivity contribution is 0.201. The van der Waals surface area contributed by atoms with E-state index in [2.05, 4.69) is 9.89 Å². The van der Waals surface area contributed by atoms with Crippen molar-refractivity contribution in [2.45, 2.75) is 42.9 Å². The maximum atomic E-state index is 12.0. The Morgan fingerprint density at radius 1 is 1.44 bits per heavy atom. The third-order valence-corrected chi connectivity index (χ3v) is 6.37. The zero-order valence-electron chi connectivity index (χ0n) is 10.8. The zero-order chi connectivity index (χ0) is 13.0. The van der Waals surface area contributed by atoms with Crippen LogP contribution in [0.15, 0.2) is 4.99 Å². The SMILES string of the molecule is CS(=O)(=O)C1CCCC12CN=C(N)N2CC1CC1. The summed E-state index contributed by atoms with van der Waals surface area (Å²) in [4.78, 5) is 6.47. The number of nitrogens with two attached hydrogens (primary N) is 1. The highest BCUT2D eigenvalue weighted by Gasteiger charge is 2.55. The molecule has 2 N–H and O–H groups in total. The van der Waals surface area contributed by atoms with Crippen molar-refractivity contribution in [1.82, 2.24) is 4.90 Å². The van der Waals surface area contributed by atoms with Gasteiger partial charge in [-0.25, -0.2) is 8.42 Å². The Hall–Kier alpha value is -0.780. The van der Waals surface area contributed by atoms with E-state index < -0.39 is 9.84 Å². The van der Waals surface area contributed by atoms with Crippen molar-refractivity contribution >= 4 is 15.8 Å². The Balaban J connectivity index is 1.92. The Bertz CT molecular complexity index is 484. The summed E-state index contributed by atoms with van der Waals surface area (Å²) in [5.41, 5.74) is 5.66. The molecule has 2 atom stereocenters. The van der Waals surface area contributed by atoms with Crippen molar-refractivity contribution < 1.29 is 8.42 Å². The first-order valence-electron chi connectivity index (χ1n) is 6.70. The first-order valence-corrected chi connectivity index (χ1v) is 8.65. The van der Waals surface area contributed by atoms with E-state index in [4.69, 9.17) is 5.73 Å². The molecule has 0 bridgehead atoms. The van der Waals surface area contributed by atoms with Gasteiger partial charge in [0.1, 0.15) is 0 Å². The Kier molecular flexibility index (Phi) is 2.63. The third-order valence-electron chi connectivity index (χ3n) is 4.66. The van der Waals surface area contributed by atoms with Gasteiger partial charge in [-0.15, -0.1) is 0 Å². The molecule has 2 aliphatic carbocycles. The zero-order valence-corrected chi connectivity index (χ0v) is 11.6. The topological polar surface area (TPSA) is 75.8 Å². The molecular weight excluding hydrogens is 250 g/mol. The number of nitrogens with zero attached hydrogens (tertiary/aromatic N) is 2. The van der Waals surface area contributed by atoms with Crippen LogP contribution in [0.1, 0.15) is 32.1 Å². The van der Waals surface area contributed by atoms with Crippen LogP contribution < -0.4 is 5.73 Å². The molecule has 0 radical (unpaired) electrons. The molecule has 0 aromatic rings. The molecule has 1 aliphatic heterocycles. The predicted molar refractivity (Wildman–Crippen MR) is 71.1 cm³/mol. The first-order chi connectivity index (χ1) is 8.43.